The number of benzene rings is 1. The van der Waals surface area contributed by atoms with Crippen LogP contribution < -0.4 is 5.32 Å². The Morgan fingerprint density at radius 2 is 2.14 bits per heavy atom. The van der Waals surface area contributed by atoms with Crippen LogP contribution in [0.4, 0.5) is 4.39 Å². The smallest absolute Gasteiger partial charge is 0.349 e. The predicted molar refractivity (Wildman–Crippen MR) is 80.1 cm³/mol. The largest absolute Gasteiger partial charge is 0.448 e. The van der Waals surface area contributed by atoms with E-state index in [-0.39, 0.29) is 11.7 Å². The molecule has 1 amide bonds. The number of esters is 1. The van der Waals surface area contributed by atoms with Gasteiger partial charge in [0.25, 0.3) is 5.91 Å². The molecule has 2 aromatic rings. The second-order valence-corrected chi connectivity index (χ2v) is 5.66. The average molecular weight is 309 g/mol. The number of likely N-dealkylation sites (N-methyl/N-ethyl adjacent to an activating group) is 1. The van der Waals surface area contributed by atoms with Crippen LogP contribution in [-0.4, -0.2) is 24.5 Å². The number of carbonyl (C=O) groups is 2. The quantitative estimate of drug-likeness (QED) is 0.883. The summed E-state index contributed by atoms with van der Waals surface area (Å²) >= 11 is 1.17. The van der Waals surface area contributed by atoms with Gasteiger partial charge in [0, 0.05) is 16.6 Å². The van der Waals surface area contributed by atoms with Crippen molar-refractivity contribution in [2.24, 2.45) is 0 Å². The minimum absolute atomic E-state index is 0.325. The summed E-state index contributed by atoms with van der Waals surface area (Å²) in [6.07, 6.45) is -0.882. The molecule has 1 heterocycles. The number of hydrogen-bond acceptors (Lipinski definition) is 4. The highest BCUT2D eigenvalue weighted by molar-refractivity contribution is 7.21. The summed E-state index contributed by atoms with van der Waals surface area (Å²) in [7, 11) is 0. The highest BCUT2D eigenvalue weighted by atomic mass is 32.1. The van der Waals surface area contributed by atoms with Crippen molar-refractivity contribution >= 4 is 33.3 Å². The second-order valence-electron chi connectivity index (χ2n) is 4.61. The van der Waals surface area contributed by atoms with Gasteiger partial charge in [-0.2, -0.15) is 0 Å². The molecule has 0 bridgehead atoms. The molecule has 0 saturated carbocycles. The van der Waals surface area contributed by atoms with Crippen LogP contribution in [-0.2, 0) is 9.53 Å². The molecule has 0 radical (unpaired) electrons. The van der Waals surface area contributed by atoms with Crippen molar-refractivity contribution in [3.05, 3.63) is 34.5 Å². The van der Waals surface area contributed by atoms with E-state index in [0.717, 1.165) is 0 Å². The van der Waals surface area contributed by atoms with Gasteiger partial charge >= 0.3 is 5.97 Å². The lowest BCUT2D eigenvalue weighted by Crippen LogP contribution is -2.35. The molecule has 2 rings (SSSR count). The summed E-state index contributed by atoms with van der Waals surface area (Å²) in [4.78, 5) is 24.1. The SMILES string of the molecule is CCNC(=O)[C@H](C)OC(=O)c1sc2cccc(F)c2c1C. The Balaban J connectivity index is 2.26. The molecule has 0 aliphatic heterocycles. The second kappa shape index (κ2) is 6.22. The van der Waals surface area contributed by atoms with Crippen molar-refractivity contribution in [3.8, 4) is 0 Å². The first-order chi connectivity index (χ1) is 9.95. The molecule has 1 aromatic carbocycles. The highest BCUT2D eigenvalue weighted by Gasteiger charge is 2.23. The number of halogens is 1. The van der Waals surface area contributed by atoms with E-state index in [2.05, 4.69) is 5.32 Å². The summed E-state index contributed by atoms with van der Waals surface area (Å²) in [5.41, 5.74) is 0.543. The van der Waals surface area contributed by atoms with Gasteiger partial charge in [-0.1, -0.05) is 6.07 Å². The van der Waals surface area contributed by atoms with Crippen LogP contribution >= 0.6 is 11.3 Å². The fourth-order valence-corrected chi connectivity index (χ4v) is 3.14. The third kappa shape index (κ3) is 3.05. The molecule has 0 unspecified atom stereocenters. The highest BCUT2D eigenvalue weighted by Crippen LogP contribution is 2.33. The van der Waals surface area contributed by atoms with Crippen LogP contribution in [0.3, 0.4) is 0 Å². The number of rotatable bonds is 4. The maximum atomic E-state index is 13.8. The van der Waals surface area contributed by atoms with Crippen LogP contribution in [0.25, 0.3) is 10.1 Å². The van der Waals surface area contributed by atoms with Crippen LogP contribution in [0.5, 0.6) is 0 Å². The standard InChI is InChI=1S/C15H16FNO3S/c1-4-17-14(18)9(3)20-15(19)13-8(2)12-10(16)6-5-7-11(12)21-13/h5-7,9H,4H2,1-3H3,(H,17,18)/t9-/m0/s1. The zero-order valence-electron chi connectivity index (χ0n) is 12.0. The first kappa shape index (κ1) is 15.4. The minimum Gasteiger partial charge on any atom is -0.448 e. The third-order valence-electron chi connectivity index (χ3n) is 3.09. The Kier molecular flexibility index (Phi) is 4.57. The lowest BCUT2D eigenvalue weighted by molar-refractivity contribution is -0.128. The maximum absolute atomic E-state index is 13.8. The van der Waals surface area contributed by atoms with E-state index < -0.39 is 12.1 Å². The molecular weight excluding hydrogens is 293 g/mol. The van der Waals surface area contributed by atoms with Crippen LogP contribution in [0, 0.1) is 12.7 Å². The van der Waals surface area contributed by atoms with Crippen LogP contribution in [0.15, 0.2) is 18.2 Å². The fourth-order valence-electron chi connectivity index (χ4n) is 2.03. The molecule has 6 heteroatoms. The minimum atomic E-state index is -0.882. The van der Waals surface area contributed by atoms with Gasteiger partial charge in [-0.25, -0.2) is 9.18 Å². The number of hydrogen-bond donors (Lipinski definition) is 1. The van der Waals surface area contributed by atoms with E-state index >= 15 is 0 Å². The summed E-state index contributed by atoms with van der Waals surface area (Å²) < 4.78 is 19.6. The topological polar surface area (TPSA) is 55.4 Å². The summed E-state index contributed by atoms with van der Waals surface area (Å²) in [6, 6.07) is 4.70. The van der Waals surface area contributed by atoms with Crippen LogP contribution in [0.2, 0.25) is 0 Å². The molecule has 1 atom stereocenters. The molecule has 0 spiro atoms. The van der Waals surface area contributed by atoms with Gasteiger partial charge in [0.2, 0.25) is 0 Å². The van der Waals surface area contributed by atoms with Crippen molar-refractivity contribution in [3.63, 3.8) is 0 Å². The molecule has 0 saturated heterocycles. The molecule has 0 aliphatic carbocycles. The molecule has 112 valence electrons. The number of amides is 1. The van der Waals surface area contributed by atoms with Gasteiger partial charge < -0.3 is 10.1 Å². The number of carbonyl (C=O) groups excluding carboxylic acids is 2. The van der Waals surface area contributed by atoms with E-state index in [4.69, 9.17) is 4.74 Å². The number of nitrogens with one attached hydrogen (secondary N) is 1. The van der Waals surface area contributed by atoms with Gasteiger partial charge in [-0.3, -0.25) is 4.79 Å². The first-order valence-corrected chi connectivity index (χ1v) is 7.43. The van der Waals surface area contributed by atoms with E-state index in [9.17, 15) is 14.0 Å². The molecule has 1 N–H and O–H groups in total. The normalized spacial score (nSPS) is 12.2. The summed E-state index contributed by atoms with van der Waals surface area (Å²) in [6.45, 7) is 5.43. The summed E-state index contributed by atoms with van der Waals surface area (Å²) in [5, 5.41) is 3.01. The van der Waals surface area contributed by atoms with Crippen molar-refractivity contribution in [1.29, 1.82) is 0 Å². The zero-order valence-corrected chi connectivity index (χ0v) is 12.8. The zero-order chi connectivity index (χ0) is 15.6. The van der Waals surface area contributed by atoms with Crippen molar-refractivity contribution < 1.29 is 18.7 Å². The van der Waals surface area contributed by atoms with E-state index in [0.29, 0.717) is 27.1 Å². The van der Waals surface area contributed by atoms with E-state index in [1.54, 1.807) is 26.0 Å². The van der Waals surface area contributed by atoms with Crippen molar-refractivity contribution in [1.82, 2.24) is 5.32 Å². The van der Waals surface area contributed by atoms with E-state index in [1.807, 2.05) is 0 Å². The van der Waals surface area contributed by atoms with Gasteiger partial charge in [0.1, 0.15) is 10.7 Å². The Hall–Kier alpha value is -1.95. The summed E-state index contributed by atoms with van der Waals surface area (Å²) in [5.74, 6) is -1.32. The van der Waals surface area contributed by atoms with E-state index in [1.165, 1.54) is 24.3 Å². The third-order valence-corrected chi connectivity index (χ3v) is 4.33. The number of aryl methyl sites for hydroxylation is 1. The molecule has 0 fully saturated rings. The monoisotopic (exact) mass is 309 g/mol. The first-order valence-electron chi connectivity index (χ1n) is 6.62. The lowest BCUT2D eigenvalue weighted by Gasteiger charge is -2.12. The van der Waals surface area contributed by atoms with Gasteiger partial charge in [0.15, 0.2) is 6.10 Å². The average Bonchev–Trinajstić information content (AvgIpc) is 2.77. The number of fused-ring (bicyclic) bond motifs is 1. The number of thiophene rings is 1. The van der Waals surface area contributed by atoms with Crippen molar-refractivity contribution in [2.75, 3.05) is 6.54 Å². The Bertz CT molecular complexity index is 696. The molecule has 21 heavy (non-hydrogen) atoms. The number of ether oxygens (including phenoxy) is 1. The predicted octanol–water partition coefficient (Wildman–Crippen LogP) is 3.03. The Labute approximate surface area is 125 Å². The fraction of sp³-hybridized carbons (Fsp3) is 0.333. The van der Waals surface area contributed by atoms with Crippen molar-refractivity contribution in [2.45, 2.75) is 26.9 Å². The van der Waals surface area contributed by atoms with Gasteiger partial charge in [0.05, 0.1) is 0 Å². The molecule has 1 aromatic heterocycles. The van der Waals surface area contributed by atoms with Crippen LogP contribution in [0.1, 0.15) is 29.1 Å². The Morgan fingerprint density at radius 3 is 2.76 bits per heavy atom. The molecule has 4 nitrogen and oxygen atoms in total. The van der Waals surface area contributed by atoms with Gasteiger partial charge in [-0.15, -0.1) is 11.3 Å². The van der Waals surface area contributed by atoms with Gasteiger partial charge in [-0.05, 0) is 38.5 Å². The molecular formula is C15H16FNO3S. The lowest BCUT2D eigenvalue weighted by atomic mass is 10.1. The molecule has 0 aliphatic rings. The Morgan fingerprint density at radius 1 is 1.43 bits per heavy atom. The maximum Gasteiger partial charge on any atom is 0.349 e.